The topological polar surface area (TPSA) is 180 Å². The van der Waals surface area contributed by atoms with Crippen LogP contribution in [-0.4, -0.2) is 37.7 Å². The average molecular weight is 474 g/mol. The third-order valence-electron chi connectivity index (χ3n) is 5.51. The normalized spacial score (nSPS) is 20.1. The Balaban J connectivity index is 2.03. The van der Waals surface area contributed by atoms with E-state index >= 15 is 0 Å². The van der Waals surface area contributed by atoms with Crippen molar-refractivity contribution in [1.82, 2.24) is 4.57 Å². The molecule has 2 aromatic rings. The van der Waals surface area contributed by atoms with E-state index in [1.807, 2.05) is 6.07 Å². The van der Waals surface area contributed by atoms with E-state index in [0.717, 1.165) is 6.07 Å². The minimum atomic E-state index is -1.30. The van der Waals surface area contributed by atoms with Gasteiger partial charge in [0.1, 0.15) is 29.7 Å². The van der Waals surface area contributed by atoms with Crippen LogP contribution in [0.3, 0.4) is 0 Å². The molecule has 0 aliphatic carbocycles. The summed E-state index contributed by atoms with van der Waals surface area (Å²) in [4.78, 5) is 43.6. The first-order valence-corrected chi connectivity index (χ1v) is 10.2. The summed E-state index contributed by atoms with van der Waals surface area (Å²) in [5.41, 5.74) is -0.859. The zero-order valence-electron chi connectivity index (χ0n) is 18.5. The van der Waals surface area contributed by atoms with Crippen LogP contribution in [0.5, 0.6) is 5.75 Å². The van der Waals surface area contributed by atoms with Crippen molar-refractivity contribution in [3.63, 3.8) is 0 Å². The lowest BCUT2D eigenvalue weighted by molar-refractivity contribution is -0.780. The van der Waals surface area contributed by atoms with Gasteiger partial charge in [-0.05, 0) is 50.6 Å². The number of pyridine rings is 1. The van der Waals surface area contributed by atoms with Crippen molar-refractivity contribution in [3.05, 3.63) is 83.8 Å². The molecule has 0 fully saturated rings. The van der Waals surface area contributed by atoms with Gasteiger partial charge in [-0.25, -0.2) is 0 Å². The molecule has 3 rings (SSSR count). The van der Waals surface area contributed by atoms with E-state index < -0.39 is 45.7 Å². The van der Waals surface area contributed by atoms with E-state index in [0.29, 0.717) is 16.9 Å². The van der Waals surface area contributed by atoms with Crippen LogP contribution in [0.2, 0.25) is 0 Å². The maximum atomic E-state index is 13.1. The second-order valence-corrected chi connectivity index (χ2v) is 8.36. The molecule has 180 valence electrons. The third kappa shape index (κ3) is 5.07. The molecule has 0 amide bonds. The van der Waals surface area contributed by atoms with Crippen LogP contribution in [0, 0.1) is 31.6 Å². The molecule has 0 spiro atoms. The number of rotatable bonds is 8. The van der Waals surface area contributed by atoms with Gasteiger partial charge in [0.15, 0.2) is 0 Å². The standard InChI is InChI=1S/C21H22N4O9/c1-12(33-24(28)29)8-17(34-25(30)31)14-6-7-23(18(26)10-14)19-15-9-13(11-22)4-5-16(15)32-21(2,3)20(19)27/h4-7,9-10,12,17,19-20,27H,8H2,1-3H3. The van der Waals surface area contributed by atoms with E-state index in [2.05, 4.69) is 9.68 Å². The molecule has 0 saturated heterocycles. The van der Waals surface area contributed by atoms with Gasteiger partial charge in [-0.1, -0.05) is 0 Å². The van der Waals surface area contributed by atoms with E-state index in [1.165, 1.54) is 29.8 Å². The summed E-state index contributed by atoms with van der Waals surface area (Å²) >= 11 is 0. The van der Waals surface area contributed by atoms with Crippen molar-refractivity contribution in [2.45, 2.75) is 57.1 Å². The number of aromatic nitrogens is 1. The quantitative estimate of drug-likeness (QED) is 0.439. The molecule has 0 radical (unpaired) electrons. The predicted molar refractivity (Wildman–Crippen MR) is 114 cm³/mol. The molecular weight excluding hydrogens is 452 g/mol. The molecule has 4 unspecified atom stereocenters. The number of aliphatic hydroxyl groups excluding tert-OH is 1. The zero-order chi connectivity index (χ0) is 25.2. The molecule has 1 aromatic carbocycles. The molecule has 13 nitrogen and oxygen atoms in total. The fraction of sp³-hybridized carbons (Fsp3) is 0.429. The van der Waals surface area contributed by atoms with Crippen molar-refractivity contribution in [1.29, 1.82) is 5.26 Å². The molecular formula is C21H22N4O9. The Hall–Kier alpha value is -4.18. The highest BCUT2D eigenvalue weighted by Crippen LogP contribution is 2.41. The lowest BCUT2D eigenvalue weighted by Crippen LogP contribution is -2.52. The molecule has 1 aliphatic rings. The first-order valence-electron chi connectivity index (χ1n) is 10.2. The predicted octanol–water partition coefficient (Wildman–Crippen LogP) is 2.08. The highest BCUT2D eigenvalue weighted by molar-refractivity contribution is 5.46. The number of ether oxygens (including phenoxy) is 1. The third-order valence-corrected chi connectivity index (χ3v) is 5.51. The van der Waals surface area contributed by atoms with Gasteiger partial charge < -0.3 is 24.1 Å². The Morgan fingerprint density at radius 3 is 2.50 bits per heavy atom. The molecule has 4 atom stereocenters. The van der Waals surface area contributed by atoms with Gasteiger partial charge in [-0.15, -0.1) is 20.2 Å². The van der Waals surface area contributed by atoms with Crippen molar-refractivity contribution in [3.8, 4) is 11.8 Å². The first kappa shape index (κ1) is 24.5. The van der Waals surface area contributed by atoms with E-state index in [1.54, 1.807) is 26.0 Å². The number of hydrogen-bond donors (Lipinski definition) is 1. The van der Waals surface area contributed by atoms with Crippen molar-refractivity contribution >= 4 is 0 Å². The number of nitrogens with zero attached hydrogens (tertiary/aromatic N) is 4. The summed E-state index contributed by atoms with van der Waals surface area (Å²) < 4.78 is 7.10. The Morgan fingerprint density at radius 2 is 1.91 bits per heavy atom. The molecule has 0 bridgehead atoms. The van der Waals surface area contributed by atoms with Gasteiger partial charge in [0.2, 0.25) is 0 Å². The molecule has 1 aromatic heterocycles. The summed E-state index contributed by atoms with van der Waals surface area (Å²) in [6.45, 7) is 4.65. The summed E-state index contributed by atoms with van der Waals surface area (Å²) in [5, 5.41) is 39.7. The van der Waals surface area contributed by atoms with Gasteiger partial charge in [0.25, 0.3) is 15.7 Å². The van der Waals surface area contributed by atoms with Crippen LogP contribution < -0.4 is 10.3 Å². The Labute approximate surface area is 192 Å². The minimum Gasteiger partial charge on any atom is -0.485 e. The van der Waals surface area contributed by atoms with Gasteiger partial charge in [0, 0.05) is 24.2 Å². The second-order valence-electron chi connectivity index (χ2n) is 8.36. The largest absolute Gasteiger partial charge is 0.485 e. The number of hydrogen-bond acceptors (Lipinski definition) is 10. The van der Waals surface area contributed by atoms with E-state index in [-0.39, 0.29) is 12.0 Å². The minimum absolute atomic E-state index is 0.101. The van der Waals surface area contributed by atoms with Crippen LogP contribution in [0.15, 0.2) is 41.3 Å². The van der Waals surface area contributed by atoms with Gasteiger partial charge >= 0.3 is 0 Å². The van der Waals surface area contributed by atoms with Gasteiger partial charge in [-0.2, -0.15) is 5.26 Å². The molecule has 34 heavy (non-hydrogen) atoms. The Morgan fingerprint density at radius 1 is 1.24 bits per heavy atom. The van der Waals surface area contributed by atoms with Crippen molar-refractivity contribution in [2.75, 3.05) is 0 Å². The molecule has 2 heterocycles. The maximum absolute atomic E-state index is 13.1. The van der Waals surface area contributed by atoms with Crippen LogP contribution in [0.25, 0.3) is 0 Å². The van der Waals surface area contributed by atoms with Crippen LogP contribution in [0.1, 0.15) is 56.0 Å². The Bertz CT molecular complexity index is 1200. The van der Waals surface area contributed by atoms with Crippen LogP contribution >= 0.6 is 0 Å². The van der Waals surface area contributed by atoms with E-state index in [9.17, 15) is 35.4 Å². The highest BCUT2D eigenvalue weighted by Gasteiger charge is 2.44. The lowest BCUT2D eigenvalue weighted by Gasteiger charge is -2.42. The second kappa shape index (κ2) is 9.36. The fourth-order valence-corrected chi connectivity index (χ4v) is 3.91. The zero-order valence-corrected chi connectivity index (χ0v) is 18.5. The van der Waals surface area contributed by atoms with Gasteiger partial charge in [-0.3, -0.25) is 4.79 Å². The van der Waals surface area contributed by atoms with Gasteiger partial charge in [0.05, 0.1) is 17.7 Å². The molecule has 1 N–H and O–H groups in total. The first-order chi connectivity index (χ1) is 15.9. The summed E-state index contributed by atoms with van der Waals surface area (Å²) in [7, 11) is 0. The van der Waals surface area contributed by atoms with Crippen molar-refractivity contribution < 1.29 is 29.7 Å². The Kier molecular flexibility index (Phi) is 6.73. The lowest BCUT2D eigenvalue weighted by atomic mass is 9.85. The molecule has 13 heteroatoms. The number of nitriles is 1. The smallest absolute Gasteiger partial charge is 0.295 e. The SMILES string of the molecule is CC(CC(O[N+](=O)[O-])c1ccn(C2c3cc(C#N)ccc3OC(C)(C)C2O)c(=O)c1)O[N+](=O)[O-]. The highest BCUT2D eigenvalue weighted by atomic mass is 17.0. The molecule has 1 aliphatic heterocycles. The fourth-order valence-electron chi connectivity index (χ4n) is 3.91. The maximum Gasteiger partial charge on any atom is 0.295 e. The van der Waals surface area contributed by atoms with Crippen LogP contribution in [-0.2, 0) is 9.68 Å². The summed E-state index contributed by atoms with van der Waals surface area (Å²) in [5.74, 6) is 0.399. The monoisotopic (exact) mass is 474 g/mol. The van der Waals surface area contributed by atoms with E-state index in [4.69, 9.17) is 4.74 Å². The van der Waals surface area contributed by atoms with Crippen LogP contribution in [0.4, 0.5) is 0 Å². The summed E-state index contributed by atoms with van der Waals surface area (Å²) in [6.07, 6.45) is -2.47. The number of aliphatic hydroxyl groups is 1. The van der Waals surface area contributed by atoms with Crippen molar-refractivity contribution in [2.24, 2.45) is 0 Å². The summed E-state index contributed by atoms with van der Waals surface area (Å²) in [6, 6.07) is 8.24. The number of fused-ring (bicyclic) bond motifs is 1. The number of benzene rings is 1. The molecule has 0 saturated carbocycles. The average Bonchev–Trinajstić information content (AvgIpc) is 2.73.